The van der Waals surface area contributed by atoms with Crippen molar-refractivity contribution in [2.75, 3.05) is 18.5 Å². The number of aliphatic hydroxyl groups excluding tert-OH is 1. The first-order valence-electron chi connectivity index (χ1n) is 6.46. The maximum atomic E-state index is 12.1. The van der Waals surface area contributed by atoms with Crippen molar-refractivity contribution in [3.8, 4) is 0 Å². The van der Waals surface area contributed by atoms with Crippen LogP contribution in [-0.2, 0) is 0 Å². The van der Waals surface area contributed by atoms with Crippen molar-refractivity contribution in [3.05, 3.63) is 33.9 Å². The molecule has 2 amide bonds. The third-order valence-electron chi connectivity index (χ3n) is 3.25. The van der Waals surface area contributed by atoms with Gasteiger partial charge in [-0.25, -0.2) is 4.79 Å². The molecule has 0 saturated heterocycles. The topological polar surface area (TPSA) is 95.7 Å². The number of amides is 2. The molecule has 0 heterocycles. The maximum absolute atomic E-state index is 12.1. The highest BCUT2D eigenvalue weighted by atomic mass is 16.6. The van der Waals surface area contributed by atoms with Crippen molar-refractivity contribution in [1.29, 1.82) is 0 Å². The average molecular weight is 279 g/mol. The number of aliphatic hydroxyl groups is 1. The van der Waals surface area contributed by atoms with E-state index in [1.807, 2.05) is 0 Å². The molecule has 0 bridgehead atoms. The standard InChI is InChI=1S/C13H17N3O4/c1-9-2-3-10(8-12(9)16(19)20)14-13(18)15(6-7-17)11-4-5-11/h2-3,8,11,17H,4-7H2,1H3,(H,14,18). The van der Waals surface area contributed by atoms with Crippen molar-refractivity contribution < 1.29 is 14.8 Å². The van der Waals surface area contributed by atoms with E-state index in [1.165, 1.54) is 6.07 Å². The van der Waals surface area contributed by atoms with Gasteiger partial charge in [0.2, 0.25) is 0 Å². The molecule has 1 aliphatic rings. The SMILES string of the molecule is Cc1ccc(NC(=O)N(CCO)C2CC2)cc1[N+](=O)[O-]. The molecule has 1 aromatic rings. The summed E-state index contributed by atoms with van der Waals surface area (Å²) >= 11 is 0. The molecule has 7 heteroatoms. The van der Waals surface area contributed by atoms with E-state index in [0.717, 1.165) is 12.8 Å². The second-order valence-corrected chi connectivity index (χ2v) is 4.84. The molecule has 0 radical (unpaired) electrons. The van der Waals surface area contributed by atoms with Gasteiger partial charge in [0.15, 0.2) is 0 Å². The number of benzene rings is 1. The van der Waals surface area contributed by atoms with Crippen LogP contribution in [0.3, 0.4) is 0 Å². The second kappa shape index (κ2) is 5.87. The molecule has 0 atom stereocenters. The molecule has 1 aliphatic carbocycles. The predicted octanol–water partition coefficient (Wildman–Crippen LogP) is 1.89. The number of nitro benzene ring substituents is 1. The summed E-state index contributed by atoms with van der Waals surface area (Å²) in [5, 5.41) is 22.5. The summed E-state index contributed by atoms with van der Waals surface area (Å²) in [6.45, 7) is 1.81. The molecule has 108 valence electrons. The number of nitrogens with one attached hydrogen (secondary N) is 1. The second-order valence-electron chi connectivity index (χ2n) is 4.84. The Kier molecular flexibility index (Phi) is 4.19. The van der Waals surface area contributed by atoms with Gasteiger partial charge in [0.25, 0.3) is 5.69 Å². The molecule has 0 aromatic heterocycles. The molecule has 1 fully saturated rings. The summed E-state index contributed by atoms with van der Waals surface area (Å²) in [5.41, 5.74) is 0.904. The van der Waals surface area contributed by atoms with Crippen LogP contribution in [0.1, 0.15) is 18.4 Å². The Balaban J connectivity index is 2.10. The van der Waals surface area contributed by atoms with Gasteiger partial charge >= 0.3 is 6.03 Å². The van der Waals surface area contributed by atoms with Gasteiger partial charge in [-0.15, -0.1) is 0 Å². The van der Waals surface area contributed by atoms with Gasteiger partial charge in [0.05, 0.1) is 11.5 Å². The molecule has 2 rings (SSSR count). The van der Waals surface area contributed by atoms with E-state index in [0.29, 0.717) is 11.3 Å². The van der Waals surface area contributed by atoms with Crippen molar-refractivity contribution >= 4 is 17.4 Å². The van der Waals surface area contributed by atoms with Gasteiger partial charge in [-0.2, -0.15) is 0 Å². The highest BCUT2D eigenvalue weighted by molar-refractivity contribution is 5.90. The van der Waals surface area contributed by atoms with E-state index in [4.69, 9.17) is 5.11 Å². The minimum atomic E-state index is -0.475. The minimum absolute atomic E-state index is 0.0251. The van der Waals surface area contributed by atoms with Crippen LogP contribution in [0.4, 0.5) is 16.2 Å². The monoisotopic (exact) mass is 279 g/mol. The zero-order chi connectivity index (χ0) is 14.7. The first-order valence-corrected chi connectivity index (χ1v) is 6.46. The van der Waals surface area contributed by atoms with Gasteiger partial charge in [0, 0.05) is 29.9 Å². The smallest absolute Gasteiger partial charge is 0.322 e. The third-order valence-corrected chi connectivity index (χ3v) is 3.25. The van der Waals surface area contributed by atoms with E-state index in [-0.39, 0.29) is 30.9 Å². The van der Waals surface area contributed by atoms with Crippen LogP contribution >= 0.6 is 0 Å². The molecule has 0 spiro atoms. The number of rotatable bonds is 5. The molecular weight excluding hydrogens is 262 g/mol. The van der Waals surface area contributed by atoms with Gasteiger partial charge < -0.3 is 15.3 Å². The van der Waals surface area contributed by atoms with Crippen LogP contribution < -0.4 is 5.32 Å². The lowest BCUT2D eigenvalue weighted by Crippen LogP contribution is -2.38. The maximum Gasteiger partial charge on any atom is 0.322 e. The summed E-state index contributed by atoms with van der Waals surface area (Å²) < 4.78 is 0. The summed E-state index contributed by atoms with van der Waals surface area (Å²) in [7, 11) is 0. The number of aryl methyl sites for hydroxylation is 1. The fraction of sp³-hybridized carbons (Fsp3) is 0.462. The van der Waals surface area contributed by atoms with Crippen molar-refractivity contribution in [2.45, 2.75) is 25.8 Å². The van der Waals surface area contributed by atoms with Crippen LogP contribution in [0.2, 0.25) is 0 Å². The first-order chi connectivity index (χ1) is 9.52. The summed E-state index contributed by atoms with van der Waals surface area (Å²) in [6, 6.07) is 4.41. The number of carbonyl (C=O) groups excluding carboxylic acids is 1. The molecule has 1 aromatic carbocycles. The summed E-state index contributed by atoms with van der Waals surface area (Å²) in [5.74, 6) is 0. The third kappa shape index (κ3) is 3.24. The normalized spacial score (nSPS) is 13.9. The lowest BCUT2D eigenvalue weighted by Gasteiger charge is -2.21. The number of carbonyl (C=O) groups is 1. The fourth-order valence-electron chi connectivity index (χ4n) is 2.02. The molecule has 1 saturated carbocycles. The number of anilines is 1. The fourth-order valence-corrected chi connectivity index (χ4v) is 2.02. The number of urea groups is 1. The highest BCUT2D eigenvalue weighted by Gasteiger charge is 2.32. The summed E-state index contributed by atoms with van der Waals surface area (Å²) in [4.78, 5) is 24.0. The van der Waals surface area contributed by atoms with Gasteiger partial charge in [-0.3, -0.25) is 10.1 Å². The van der Waals surface area contributed by atoms with Crippen molar-refractivity contribution in [1.82, 2.24) is 4.90 Å². The van der Waals surface area contributed by atoms with Crippen LogP contribution in [0.15, 0.2) is 18.2 Å². The average Bonchev–Trinajstić information content (AvgIpc) is 3.22. The molecule has 2 N–H and O–H groups in total. The Bertz CT molecular complexity index is 528. The van der Waals surface area contributed by atoms with Crippen molar-refractivity contribution in [3.63, 3.8) is 0 Å². The van der Waals surface area contributed by atoms with Crippen LogP contribution in [0.25, 0.3) is 0 Å². The lowest BCUT2D eigenvalue weighted by atomic mass is 10.2. The van der Waals surface area contributed by atoms with Crippen LogP contribution in [0, 0.1) is 17.0 Å². The zero-order valence-electron chi connectivity index (χ0n) is 11.2. The van der Waals surface area contributed by atoms with E-state index >= 15 is 0 Å². The quantitative estimate of drug-likeness (QED) is 0.635. The molecule has 0 unspecified atom stereocenters. The Hall–Kier alpha value is -2.15. The van der Waals surface area contributed by atoms with Gasteiger partial charge in [-0.05, 0) is 25.8 Å². The minimum Gasteiger partial charge on any atom is -0.395 e. The molecular formula is C13H17N3O4. The first kappa shape index (κ1) is 14.3. The lowest BCUT2D eigenvalue weighted by molar-refractivity contribution is -0.385. The Labute approximate surface area is 116 Å². The van der Waals surface area contributed by atoms with E-state index in [9.17, 15) is 14.9 Å². The Morgan fingerprint density at radius 1 is 1.55 bits per heavy atom. The molecule has 20 heavy (non-hydrogen) atoms. The van der Waals surface area contributed by atoms with Crippen LogP contribution in [-0.4, -0.2) is 40.2 Å². The number of hydrogen-bond donors (Lipinski definition) is 2. The molecule has 7 nitrogen and oxygen atoms in total. The van der Waals surface area contributed by atoms with Gasteiger partial charge in [0.1, 0.15) is 0 Å². The largest absolute Gasteiger partial charge is 0.395 e. The Morgan fingerprint density at radius 3 is 2.80 bits per heavy atom. The number of nitrogens with zero attached hydrogens (tertiary/aromatic N) is 2. The number of hydrogen-bond acceptors (Lipinski definition) is 4. The Morgan fingerprint density at radius 2 is 2.25 bits per heavy atom. The number of nitro groups is 1. The highest BCUT2D eigenvalue weighted by Crippen LogP contribution is 2.28. The van der Waals surface area contributed by atoms with Crippen LogP contribution in [0.5, 0.6) is 0 Å². The van der Waals surface area contributed by atoms with Gasteiger partial charge in [-0.1, -0.05) is 6.07 Å². The van der Waals surface area contributed by atoms with E-state index in [1.54, 1.807) is 24.0 Å². The predicted molar refractivity (Wildman–Crippen MR) is 73.7 cm³/mol. The van der Waals surface area contributed by atoms with E-state index in [2.05, 4.69) is 5.32 Å². The summed E-state index contributed by atoms with van der Waals surface area (Å²) in [6.07, 6.45) is 1.86. The van der Waals surface area contributed by atoms with E-state index < -0.39 is 4.92 Å². The zero-order valence-corrected chi connectivity index (χ0v) is 11.2. The van der Waals surface area contributed by atoms with Crippen molar-refractivity contribution in [2.24, 2.45) is 0 Å². The molecule has 0 aliphatic heterocycles.